The highest BCUT2D eigenvalue weighted by Gasteiger charge is 2.25. The highest BCUT2D eigenvalue weighted by molar-refractivity contribution is 9.10. The fourth-order valence-electron chi connectivity index (χ4n) is 4.79. The minimum Gasteiger partial charge on any atom is -0.496 e. The zero-order valence-corrected chi connectivity index (χ0v) is 20.8. The summed E-state index contributed by atoms with van der Waals surface area (Å²) in [6, 6.07) is 10.6. The second-order valence-corrected chi connectivity index (χ2v) is 9.45. The lowest BCUT2D eigenvalue weighted by Gasteiger charge is -2.34. The summed E-state index contributed by atoms with van der Waals surface area (Å²) in [5, 5.41) is 1.02. The first kappa shape index (κ1) is 22.7. The van der Waals surface area contributed by atoms with Gasteiger partial charge in [-0.25, -0.2) is 0 Å². The SMILES string of the molecule is CCC1CCCCN1C(=O)/C=C(\C)c1cc2c(-c3ccc(Br)cc3)coc2c(C)c1OC. The van der Waals surface area contributed by atoms with Crippen molar-refractivity contribution in [3.8, 4) is 16.9 Å². The van der Waals surface area contributed by atoms with Gasteiger partial charge in [-0.2, -0.15) is 0 Å². The summed E-state index contributed by atoms with van der Waals surface area (Å²) < 4.78 is 12.8. The summed E-state index contributed by atoms with van der Waals surface area (Å²) in [6.45, 7) is 7.00. The molecule has 2 heterocycles. The van der Waals surface area contributed by atoms with Crippen molar-refractivity contribution < 1.29 is 13.9 Å². The topological polar surface area (TPSA) is 42.7 Å². The summed E-state index contributed by atoms with van der Waals surface area (Å²) in [6.07, 6.45) is 7.95. The molecular weight excluding hydrogens is 466 g/mol. The van der Waals surface area contributed by atoms with E-state index in [1.54, 1.807) is 19.4 Å². The van der Waals surface area contributed by atoms with Gasteiger partial charge in [0.05, 0.1) is 13.4 Å². The van der Waals surface area contributed by atoms with Gasteiger partial charge in [-0.1, -0.05) is 35.0 Å². The number of hydrogen-bond donors (Lipinski definition) is 0. The number of allylic oxidation sites excluding steroid dienone is 1. The Labute approximate surface area is 198 Å². The predicted octanol–water partition coefficient (Wildman–Crippen LogP) is 7.37. The molecular formula is C27H30BrNO3. The minimum absolute atomic E-state index is 0.0918. The second-order valence-electron chi connectivity index (χ2n) is 8.53. The third-order valence-corrected chi connectivity index (χ3v) is 7.08. The molecule has 1 aliphatic rings. The number of fused-ring (bicyclic) bond motifs is 1. The van der Waals surface area contributed by atoms with Crippen LogP contribution in [-0.4, -0.2) is 30.5 Å². The largest absolute Gasteiger partial charge is 0.496 e. The van der Waals surface area contributed by atoms with Crippen LogP contribution in [0.3, 0.4) is 0 Å². The average molecular weight is 496 g/mol. The van der Waals surface area contributed by atoms with Gasteiger partial charge < -0.3 is 14.1 Å². The van der Waals surface area contributed by atoms with Crippen molar-refractivity contribution in [1.29, 1.82) is 0 Å². The number of piperidine rings is 1. The number of nitrogens with zero attached hydrogens (tertiary/aromatic N) is 1. The van der Waals surface area contributed by atoms with Crippen LogP contribution in [0.4, 0.5) is 0 Å². The lowest BCUT2D eigenvalue weighted by Crippen LogP contribution is -2.42. The molecule has 0 spiro atoms. The van der Waals surface area contributed by atoms with Gasteiger partial charge in [-0.05, 0) is 68.9 Å². The van der Waals surface area contributed by atoms with Gasteiger partial charge in [0.2, 0.25) is 5.91 Å². The molecule has 1 unspecified atom stereocenters. The fourth-order valence-corrected chi connectivity index (χ4v) is 5.05. The molecule has 0 radical (unpaired) electrons. The molecule has 1 aromatic heterocycles. The van der Waals surface area contributed by atoms with Crippen LogP contribution in [0.1, 0.15) is 50.7 Å². The number of likely N-dealkylation sites (tertiary alicyclic amines) is 1. The van der Waals surface area contributed by atoms with E-state index in [1.807, 2.05) is 30.9 Å². The van der Waals surface area contributed by atoms with Crippen LogP contribution in [0.2, 0.25) is 0 Å². The van der Waals surface area contributed by atoms with E-state index >= 15 is 0 Å². The Bertz CT molecular complexity index is 1160. The first-order valence-electron chi connectivity index (χ1n) is 11.3. The van der Waals surface area contributed by atoms with Crippen molar-refractivity contribution in [2.75, 3.05) is 13.7 Å². The number of carbonyl (C=O) groups is 1. The smallest absolute Gasteiger partial charge is 0.247 e. The third-order valence-electron chi connectivity index (χ3n) is 6.55. The quantitative estimate of drug-likeness (QED) is 0.346. The minimum atomic E-state index is 0.0918. The molecule has 4 rings (SSSR count). The molecule has 0 bridgehead atoms. The third kappa shape index (κ3) is 4.23. The number of hydrogen-bond acceptors (Lipinski definition) is 3. The van der Waals surface area contributed by atoms with E-state index in [4.69, 9.17) is 9.15 Å². The molecule has 5 heteroatoms. The Morgan fingerprint density at radius 1 is 1.28 bits per heavy atom. The summed E-state index contributed by atoms with van der Waals surface area (Å²) in [7, 11) is 1.67. The maximum absolute atomic E-state index is 13.2. The molecule has 4 nitrogen and oxygen atoms in total. The molecule has 1 aliphatic heterocycles. The normalized spacial score (nSPS) is 17.1. The standard InChI is InChI=1S/C27H30BrNO3/c1-5-21-8-6-7-13-29(21)25(30)14-17(2)22-15-23-24(19-9-11-20(28)12-10-19)16-32-27(23)18(3)26(22)31-4/h9-12,14-16,21H,5-8,13H2,1-4H3/b17-14+. The summed E-state index contributed by atoms with van der Waals surface area (Å²) >= 11 is 3.50. The van der Waals surface area contributed by atoms with E-state index in [0.717, 1.165) is 74.8 Å². The van der Waals surface area contributed by atoms with E-state index in [2.05, 4.69) is 41.1 Å². The predicted molar refractivity (Wildman–Crippen MR) is 134 cm³/mol. The van der Waals surface area contributed by atoms with E-state index in [9.17, 15) is 4.79 Å². The van der Waals surface area contributed by atoms with Crippen molar-refractivity contribution in [1.82, 2.24) is 4.90 Å². The lowest BCUT2D eigenvalue weighted by molar-refractivity contribution is -0.129. The van der Waals surface area contributed by atoms with E-state index < -0.39 is 0 Å². The van der Waals surface area contributed by atoms with Gasteiger partial charge in [0.1, 0.15) is 11.3 Å². The van der Waals surface area contributed by atoms with Gasteiger partial charge in [0.25, 0.3) is 0 Å². The van der Waals surface area contributed by atoms with Crippen LogP contribution in [0.25, 0.3) is 27.7 Å². The van der Waals surface area contributed by atoms with Crippen LogP contribution < -0.4 is 4.74 Å². The molecule has 0 aliphatic carbocycles. The van der Waals surface area contributed by atoms with Gasteiger partial charge in [-0.3, -0.25) is 4.79 Å². The first-order chi connectivity index (χ1) is 15.4. The Kier molecular flexibility index (Phi) is 6.75. The number of rotatable bonds is 5. The number of aryl methyl sites for hydroxylation is 1. The van der Waals surface area contributed by atoms with E-state index in [0.29, 0.717) is 6.04 Å². The van der Waals surface area contributed by atoms with Crippen LogP contribution in [0.15, 0.2) is 51.6 Å². The molecule has 1 fully saturated rings. The number of ether oxygens (including phenoxy) is 1. The van der Waals surface area contributed by atoms with Crippen molar-refractivity contribution in [2.45, 2.75) is 52.5 Å². The highest BCUT2D eigenvalue weighted by atomic mass is 79.9. The molecule has 168 valence electrons. The summed E-state index contributed by atoms with van der Waals surface area (Å²) in [5.41, 5.74) is 5.69. The number of benzene rings is 2. The molecule has 3 aromatic rings. The summed E-state index contributed by atoms with van der Waals surface area (Å²) in [5.74, 6) is 0.843. The van der Waals surface area contributed by atoms with Gasteiger partial charge >= 0.3 is 0 Å². The number of furan rings is 1. The van der Waals surface area contributed by atoms with E-state index in [1.165, 1.54) is 6.42 Å². The van der Waals surface area contributed by atoms with Crippen LogP contribution in [-0.2, 0) is 4.79 Å². The molecule has 1 saturated heterocycles. The Morgan fingerprint density at radius 2 is 2.03 bits per heavy atom. The first-order valence-corrected chi connectivity index (χ1v) is 12.1. The maximum atomic E-state index is 13.2. The fraction of sp³-hybridized carbons (Fsp3) is 0.370. The van der Waals surface area contributed by atoms with E-state index in [-0.39, 0.29) is 5.91 Å². The average Bonchev–Trinajstić information content (AvgIpc) is 3.23. The Balaban J connectivity index is 1.78. The number of amides is 1. The zero-order valence-electron chi connectivity index (χ0n) is 19.2. The molecule has 0 N–H and O–H groups in total. The number of carbonyl (C=O) groups excluding carboxylic acids is 1. The van der Waals surface area contributed by atoms with Crippen molar-refractivity contribution >= 4 is 38.4 Å². The molecule has 2 aromatic carbocycles. The zero-order chi connectivity index (χ0) is 22.8. The van der Waals surface area contributed by atoms with Gasteiger partial charge in [0.15, 0.2) is 0 Å². The maximum Gasteiger partial charge on any atom is 0.247 e. The Hall–Kier alpha value is -2.53. The number of halogens is 1. The molecule has 32 heavy (non-hydrogen) atoms. The summed E-state index contributed by atoms with van der Waals surface area (Å²) in [4.78, 5) is 15.2. The van der Waals surface area contributed by atoms with Crippen LogP contribution in [0, 0.1) is 6.92 Å². The molecule has 0 saturated carbocycles. The lowest BCUT2D eigenvalue weighted by atomic mass is 9.96. The monoisotopic (exact) mass is 495 g/mol. The highest BCUT2D eigenvalue weighted by Crippen LogP contribution is 2.40. The van der Waals surface area contributed by atoms with Gasteiger partial charge in [0, 0.05) is 45.2 Å². The van der Waals surface area contributed by atoms with Crippen molar-refractivity contribution in [2.24, 2.45) is 0 Å². The van der Waals surface area contributed by atoms with Crippen LogP contribution >= 0.6 is 15.9 Å². The number of methoxy groups -OCH3 is 1. The molecule has 1 atom stereocenters. The van der Waals surface area contributed by atoms with Crippen molar-refractivity contribution in [3.63, 3.8) is 0 Å². The molecule has 1 amide bonds. The van der Waals surface area contributed by atoms with Crippen LogP contribution in [0.5, 0.6) is 5.75 Å². The van der Waals surface area contributed by atoms with Crippen molar-refractivity contribution in [3.05, 3.63) is 58.3 Å². The Morgan fingerprint density at radius 3 is 2.72 bits per heavy atom. The van der Waals surface area contributed by atoms with Gasteiger partial charge in [-0.15, -0.1) is 0 Å². The second kappa shape index (κ2) is 9.53.